The van der Waals surface area contributed by atoms with Gasteiger partial charge in [-0.05, 0) is 108 Å². The van der Waals surface area contributed by atoms with Crippen molar-refractivity contribution in [3.8, 4) is 0 Å². The number of nitrogens with two attached hydrogens (primary N) is 1. The van der Waals surface area contributed by atoms with E-state index in [2.05, 4.69) is 59.7 Å². The molecule has 0 fully saturated rings. The number of ketones is 2. The molecule has 0 radical (unpaired) electrons. The molecule has 66 heavy (non-hydrogen) atoms. The number of hydrazine groups is 1. The molecule has 3 aromatic rings. The van der Waals surface area contributed by atoms with Crippen LogP contribution in [-0.2, 0) is 31.2 Å². The van der Waals surface area contributed by atoms with E-state index in [0.717, 1.165) is 75.2 Å². The number of aldehydes is 2. The average Bonchev–Trinajstić information content (AvgIpc) is 3.63. The van der Waals surface area contributed by atoms with Gasteiger partial charge in [0.25, 0.3) is 5.91 Å². The number of hydrogen-bond acceptors (Lipinski definition) is 16. The zero-order valence-corrected chi connectivity index (χ0v) is 38.1. The number of rotatable bonds is 27. The van der Waals surface area contributed by atoms with Gasteiger partial charge in [-0.1, -0.05) is 29.5 Å². The van der Waals surface area contributed by atoms with Crippen LogP contribution in [0.3, 0.4) is 0 Å². The molecule has 19 heteroatoms. The molecule has 0 bridgehead atoms. The van der Waals surface area contributed by atoms with Gasteiger partial charge in [0.15, 0.2) is 18.4 Å². The second-order valence-electron chi connectivity index (χ2n) is 15.0. The van der Waals surface area contributed by atoms with E-state index in [-0.39, 0.29) is 41.9 Å². The lowest BCUT2D eigenvalue weighted by Gasteiger charge is -2.25. The SMILES string of the molecule is C=CCNC.C=N/C=C(C=O)\C(=N/CNc1ccc(N(CCCCCCNc2ccc(C(=O)CCC(=O)N(N)F)c(C(=O)C=O)c2)CCNC)cc1)Nc1ccc2c(n1)[C@](C)(O)CC2.C=O. The maximum Gasteiger partial charge on any atom is 0.266 e. The minimum Gasteiger partial charge on any atom is -0.385 e. The number of unbranched alkanes of at least 4 members (excludes halogenated alkanes) is 3. The molecule has 1 heterocycles. The minimum absolute atomic E-state index is 0.0193. The van der Waals surface area contributed by atoms with E-state index in [0.29, 0.717) is 36.5 Å². The highest BCUT2D eigenvalue weighted by molar-refractivity contribution is 6.35. The number of amidine groups is 1. The molecule has 1 aliphatic carbocycles. The summed E-state index contributed by atoms with van der Waals surface area (Å²) in [6, 6.07) is 16.2. The van der Waals surface area contributed by atoms with Gasteiger partial charge in [0.1, 0.15) is 30.7 Å². The molecule has 0 saturated heterocycles. The maximum absolute atomic E-state index is 12.8. The number of amides is 1. The predicted molar refractivity (Wildman–Crippen MR) is 259 cm³/mol. The summed E-state index contributed by atoms with van der Waals surface area (Å²) in [5, 5.41) is 25.9. The summed E-state index contributed by atoms with van der Waals surface area (Å²) in [4.78, 5) is 82.8. The van der Waals surface area contributed by atoms with Crippen LogP contribution < -0.4 is 37.3 Å². The number of pyridine rings is 1. The van der Waals surface area contributed by atoms with Gasteiger partial charge in [0, 0.05) is 80.0 Å². The largest absolute Gasteiger partial charge is 0.385 e. The first-order valence-corrected chi connectivity index (χ1v) is 21.4. The molecule has 356 valence electrons. The second-order valence-corrected chi connectivity index (χ2v) is 15.0. The summed E-state index contributed by atoms with van der Waals surface area (Å²) in [6.45, 7) is 14.8. The highest BCUT2D eigenvalue weighted by atomic mass is 19.2. The number of aromatic nitrogens is 1. The molecular formula is C47H64FN11O7. The number of halogens is 1. The number of carbonyl (C=O) groups is 6. The van der Waals surface area contributed by atoms with Gasteiger partial charge in [-0.25, -0.2) is 15.8 Å². The Labute approximate surface area is 386 Å². The fraction of sp³-hybridized carbons (Fsp3) is 0.383. The molecule has 2 aromatic carbocycles. The van der Waals surface area contributed by atoms with E-state index in [1.54, 1.807) is 19.1 Å². The van der Waals surface area contributed by atoms with E-state index in [4.69, 9.17) is 10.6 Å². The second kappa shape index (κ2) is 30.4. The normalized spacial score (nSPS) is 13.9. The summed E-state index contributed by atoms with van der Waals surface area (Å²) < 4.78 is 12.8. The van der Waals surface area contributed by atoms with Crippen molar-refractivity contribution in [1.29, 1.82) is 0 Å². The van der Waals surface area contributed by atoms with Crippen molar-refractivity contribution in [1.82, 2.24) is 20.8 Å². The number of likely N-dealkylation sites (N-methyl/N-ethyl adjacent to an activating group) is 2. The number of carbonyl (C=O) groups excluding carboxylic acids is 6. The van der Waals surface area contributed by atoms with Crippen LogP contribution in [0.2, 0.25) is 0 Å². The number of benzene rings is 2. The monoisotopic (exact) mass is 913 g/mol. The van der Waals surface area contributed by atoms with Crippen LogP contribution in [-0.4, -0.2) is 118 Å². The Hall–Kier alpha value is -6.80. The quantitative estimate of drug-likeness (QED) is 0.00444. The molecule has 0 aliphatic heterocycles. The third-order valence-corrected chi connectivity index (χ3v) is 10.2. The number of hydrogen-bond donors (Lipinski definition) is 7. The number of aliphatic imine (C=N–C) groups is 2. The van der Waals surface area contributed by atoms with Crippen LogP contribution in [0.4, 0.5) is 27.4 Å². The number of nitrogens with one attached hydrogen (secondary N) is 5. The summed E-state index contributed by atoms with van der Waals surface area (Å²) >= 11 is 0. The Morgan fingerprint density at radius 1 is 0.909 bits per heavy atom. The number of aryl methyl sites for hydroxylation is 1. The smallest absolute Gasteiger partial charge is 0.266 e. The van der Waals surface area contributed by atoms with Gasteiger partial charge < -0.3 is 41.4 Å². The van der Waals surface area contributed by atoms with Gasteiger partial charge in [-0.3, -0.25) is 29.0 Å². The average molecular weight is 914 g/mol. The van der Waals surface area contributed by atoms with Crippen molar-refractivity contribution in [3.63, 3.8) is 0 Å². The minimum atomic E-state index is -1.08. The van der Waals surface area contributed by atoms with Crippen LogP contribution in [0.15, 0.2) is 89.0 Å². The van der Waals surface area contributed by atoms with Crippen molar-refractivity contribution in [2.24, 2.45) is 15.8 Å². The van der Waals surface area contributed by atoms with E-state index >= 15 is 0 Å². The van der Waals surface area contributed by atoms with E-state index in [1.165, 1.54) is 18.3 Å². The number of anilines is 4. The van der Waals surface area contributed by atoms with Crippen LogP contribution >= 0.6 is 0 Å². The molecule has 1 atom stereocenters. The summed E-state index contributed by atoms with van der Waals surface area (Å²) in [7, 11) is 3.80. The molecule has 1 aromatic heterocycles. The molecule has 4 rings (SSSR count). The fourth-order valence-electron chi connectivity index (χ4n) is 6.69. The predicted octanol–water partition coefficient (Wildman–Crippen LogP) is 4.74. The van der Waals surface area contributed by atoms with Gasteiger partial charge in [0.2, 0.25) is 5.78 Å². The Balaban J connectivity index is 0.00000200. The van der Waals surface area contributed by atoms with Crippen molar-refractivity contribution < 1.29 is 38.4 Å². The molecule has 1 amide bonds. The molecule has 0 saturated carbocycles. The maximum atomic E-state index is 12.8. The third-order valence-electron chi connectivity index (χ3n) is 10.2. The van der Waals surface area contributed by atoms with E-state index in [9.17, 15) is 33.6 Å². The molecule has 8 N–H and O–H groups in total. The lowest BCUT2D eigenvalue weighted by molar-refractivity contribution is -0.146. The Morgan fingerprint density at radius 3 is 2.24 bits per heavy atom. The highest BCUT2D eigenvalue weighted by Crippen LogP contribution is 2.35. The van der Waals surface area contributed by atoms with Crippen LogP contribution in [0.25, 0.3) is 0 Å². The summed E-state index contributed by atoms with van der Waals surface area (Å²) in [5.74, 6) is 2.93. The Morgan fingerprint density at radius 2 is 1.62 bits per heavy atom. The van der Waals surface area contributed by atoms with E-state index < -0.39 is 34.7 Å². The molecular weight excluding hydrogens is 850 g/mol. The first-order chi connectivity index (χ1) is 31.8. The first kappa shape index (κ1) is 55.3. The van der Waals surface area contributed by atoms with Crippen molar-refractivity contribution >= 4 is 72.3 Å². The lowest BCUT2D eigenvalue weighted by atomic mass is 9.97. The van der Waals surface area contributed by atoms with E-state index in [1.807, 2.05) is 57.3 Å². The Kier molecular flexibility index (Phi) is 25.5. The number of nitrogens with zero attached hydrogens (tertiary/aromatic N) is 5. The van der Waals surface area contributed by atoms with Gasteiger partial charge in [0.05, 0.1) is 11.3 Å². The molecule has 18 nitrogen and oxygen atoms in total. The fourth-order valence-corrected chi connectivity index (χ4v) is 6.69. The van der Waals surface area contributed by atoms with Crippen LogP contribution in [0.1, 0.15) is 83.8 Å². The Bertz CT molecular complexity index is 2130. The van der Waals surface area contributed by atoms with Gasteiger partial charge in [-0.2, -0.15) is 0 Å². The standard InChI is InChI=1S/C42H53FN10O6.C4H9N.CH2O/c1-42(59)19-18-29-8-16-38(50-40(29)42)51-41(30(26-54)25-46-3)49-28-48-31-9-12-33(13-10-31)52(23-21-45-2)22-7-5-4-6-20-47-32-11-14-34(35(24-32)37(57)27-55)36(56)15-17-39(58)53(43)44;1-3-4-5-2;1-2/h8-14,16,24-27,45,47-48,59H,3-7,15,17-23,28,44H2,1-2H3,(H,49,50,51);3,5H,1,4H2,2H3;1H2/b30-25-;;/t42-;;/m1../s1. The number of fused-ring (bicyclic) bond motifs is 1. The topological polar surface area (TPSA) is 253 Å². The zero-order chi connectivity index (χ0) is 48.9. The van der Waals surface area contributed by atoms with Crippen LogP contribution in [0, 0.1) is 0 Å². The zero-order valence-electron chi connectivity index (χ0n) is 38.1. The van der Waals surface area contributed by atoms with Gasteiger partial charge in [-0.15, -0.1) is 11.8 Å². The molecule has 0 spiro atoms. The van der Waals surface area contributed by atoms with Gasteiger partial charge >= 0.3 is 0 Å². The van der Waals surface area contributed by atoms with Crippen LogP contribution in [0.5, 0.6) is 0 Å². The highest BCUT2D eigenvalue weighted by Gasteiger charge is 2.34. The summed E-state index contributed by atoms with van der Waals surface area (Å²) in [6.07, 6.45) is 8.11. The van der Waals surface area contributed by atoms with Crippen molar-refractivity contribution in [2.45, 2.75) is 63.9 Å². The molecule has 1 aliphatic rings. The number of Topliss-reactive ketones (excluding diaryl/α,β-unsaturated/α-hetero) is 2. The number of aliphatic hydroxyl groups is 1. The first-order valence-electron chi connectivity index (χ1n) is 21.4. The summed E-state index contributed by atoms with van der Waals surface area (Å²) in [5.41, 5.74) is 3.13. The third kappa shape index (κ3) is 18.4. The lowest BCUT2D eigenvalue weighted by Crippen LogP contribution is -2.31. The van der Waals surface area contributed by atoms with Crippen molar-refractivity contribution in [3.05, 3.63) is 101 Å². The molecule has 0 unspecified atom stereocenters. The van der Waals surface area contributed by atoms with Crippen molar-refractivity contribution in [2.75, 3.05) is 74.3 Å².